The van der Waals surface area contributed by atoms with Gasteiger partial charge >= 0.3 is 17.9 Å². The van der Waals surface area contributed by atoms with Gasteiger partial charge in [-0.3, -0.25) is 0 Å². The van der Waals surface area contributed by atoms with Crippen molar-refractivity contribution < 1.29 is 28.5 Å². The molecule has 1 saturated heterocycles. The molecule has 0 aromatic rings. The minimum Gasteiger partial charge on any atom is -0.461 e. The Labute approximate surface area is 119 Å². The second kappa shape index (κ2) is 5.73. The summed E-state index contributed by atoms with van der Waals surface area (Å²) in [6.45, 7) is 10.8. The Balaban J connectivity index is 3.01. The third-order valence-corrected chi connectivity index (χ3v) is 1.96. The molecule has 0 unspecified atom stereocenters. The SMILES string of the molecule is CC(C)(C)OC(=O)C(C(=O)OC(C)(C)C)=C1OCCO1. The fourth-order valence-electron chi connectivity index (χ4n) is 1.36. The van der Waals surface area contributed by atoms with Gasteiger partial charge in [0.25, 0.3) is 0 Å². The van der Waals surface area contributed by atoms with Crippen LogP contribution in [0, 0.1) is 0 Å². The summed E-state index contributed by atoms with van der Waals surface area (Å²) >= 11 is 0. The molecule has 0 radical (unpaired) electrons. The second-order valence-electron chi connectivity index (χ2n) is 6.36. The summed E-state index contributed by atoms with van der Waals surface area (Å²) in [5.41, 5.74) is -1.81. The number of ether oxygens (including phenoxy) is 4. The summed E-state index contributed by atoms with van der Waals surface area (Å²) in [6, 6.07) is 0. The van der Waals surface area contributed by atoms with Crippen LogP contribution in [-0.2, 0) is 28.5 Å². The van der Waals surface area contributed by atoms with Gasteiger partial charge in [-0.25, -0.2) is 9.59 Å². The maximum atomic E-state index is 12.1. The molecule has 1 fully saturated rings. The van der Waals surface area contributed by atoms with Gasteiger partial charge < -0.3 is 18.9 Å². The van der Waals surface area contributed by atoms with Gasteiger partial charge in [0.05, 0.1) is 0 Å². The van der Waals surface area contributed by atoms with Crippen LogP contribution in [0.25, 0.3) is 0 Å². The quantitative estimate of drug-likeness (QED) is 0.334. The minimum atomic E-state index is -0.816. The van der Waals surface area contributed by atoms with Crippen molar-refractivity contribution in [3.8, 4) is 0 Å². The fraction of sp³-hybridized carbons (Fsp3) is 0.714. The molecule has 6 heteroatoms. The lowest BCUT2D eigenvalue weighted by Crippen LogP contribution is -2.32. The third-order valence-electron chi connectivity index (χ3n) is 1.96. The molecule has 1 aliphatic heterocycles. The van der Waals surface area contributed by atoms with Gasteiger partial charge in [0.15, 0.2) is 0 Å². The van der Waals surface area contributed by atoms with E-state index in [2.05, 4.69) is 0 Å². The van der Waals surface area contributed by atoms with Crippen LogP contribution in [0.5, 0.6) is 0 Å². The van der Waals surface area contributed by atoms with Crippen molar-refractivity contribution in [1.82, 2.24) is 0 Å². The first kappa shape index (κ1) is 16.3. The summed E-state index contributed by atoms with van der Waals surface area (Å²) in [6.07, 6.45) is 0. The molecule has 1 heterocycles. The zero-order valence-corrected chi connectivity index (χ0v) is 12.9. The predicted molar refractivity (Wildman–Crippen MR) is 70.6 cm³/mol. The van der Waals surface area contributed by atoms with Crippen molar-refractivity contribution in [2.24, 2.45) is 0 Å². The summed E-state index contributed by atoms with van der Waals surface area (Å²) in [5.74, 6) is -1.76. The van der Waals surface area contributed by atoms with Crippen LogP contribution < -0.4 is 0 Å². The number of carbonyl (C=O) groups is 2. The first-order chi connectivity index (χ1) is 8.99. The highest BCUT2D eigenvalue weighted by Crippen LogP contribution is 2.21. The summed E-state index contributed by atoms with van der Waals surface area (Å²) in [4.78, 5) is 24.3. The number of rotatable bonds is 2. The van der Waals surface area contributed by atoms with E-state index in [1.54, 1.807) is 41.5 Å². The van der Waals surface area contributed by atoms with Crippen LogP contribution in [0.2, 0.25) is 0 Å². The molecular weight excluding hydrogens is 264 g/mol. The molecule has 0 saturated carbocycles. The molecule has 0 atom stereocenters. The van der Waals surface area contributed by atoms with E-state index in [1.165, 1.54) is 0 Å². The Hall–Kier alpha value is -1.72. The molecule has 20 heavy (non-hydrogen) atoms. The summed E-state index contributed by atoms with van der Waals surface area (Å²) < 4.78 is 20.7. The van der Waals surface area contributed by atoms with Crippen LogP contribution in [0.15, 0.2) is 11.5 Å². The van der Waals surface area contributed by atoms with Crippen molar-refractivity contribution >= 4 is 11.9 Å². The smallest absolute Gasteiger partial charge is 0.353 e. The van der Waals surface area contributed by atoms with E-state index < -0.39 is 23.1 Å². The molecule has 0 amide bonds. The molecule has 0 spiro atoms. The van der Waals surface area contributed by atoms with Gasteiger partial charge in [-0.05, 0) is 41.5 Å². The zero-order valence-electron chi connectivity index (χ0n) is 12.9. The Morgan fingerprint density at radius 1 is 0.850 bits per heavy atom. The number of hydrogen-bond acceptors (Lipinski definition) is 6. The van der Waals surface area contributed by atoms with Crippen LogP contribution in [-0.4, -0.2) is 36.4 Å². The lowest BCUT2D eigenvalue weighted by molar-refractivity contribution is -0.159. The van der Waals surface area contributed by atoms with Gasteiger partial charge in [-0.2, -0.15) is 0 Å². The van der Waals surface area contributed by atoms with Gasteiger partial charge in [0.2, 0.25) is 5.57 Å². The van der Waals surface area contributed by atoms with E-state index in [-0.39, 0.29) is 24.7 Å². The zero-order chi connectivity index (χ0) is 15.6. The molecule has 0 aliphatic carbocycles. The molecule has 1 rings (SSSR count). The van der Waals surface area contributed by atoms with Crippen molar-refractivity contribution in [3.05, 3.63) is 11.5 Å². The van der Waals surface area contributed by atoms with Gasteiger partial charge in [-0.15, -0.1) is 0 Å². The van der Waals surface area contributed by atoms with Crippen LogP contribution in [0.1, 0.15) is 41.5 Å². The Bertz CT molecular complexity index is 384. The standard InChI is InChI=1S/C14H22O6/c1-13(2,3)19-10(15)9(12-17-7-8-18-12)11(16)20-14(4,5)6/h7-8H2,1-6H3. The second-order valence-corrected chi connectivity index (χ2v) is 6.36. The van der Waals surface area contributed by atoms with E-state index in [4.69, 9.17) is 18.9 Å². The summed E-state index contributed by atoms with van der Waals surface area (Å²) in [7, 11) is 0. The van der Waals surface area contributed by atoms with E-state index in [1.807, 2.05) is 0 Å². The van der Waals surface area contributed by atoms with E-state index in [9.17, 15) is 9.59 Å². The van der Waals surface area contributed by atoms with Crippen molar-refractivity contribution in [3.63, 3.8) is 0 Å². The molecule has 0 N–H and O–H groups in total. The van der Waals surface area contributed by atoms with E-state index in [0.29, 0.717) is 0 Å². The number of hydrogen-bond donors (Lipinski definition) is 0. The Morgan fingerprint density at radius 3 is 1.50 bits per heavy atom. The maximum Gasteiger partial charge on any atom is 0.353 e. The van der Waals surface area contributed by atoms with Gasteiger partial charge in [-0.1, -0.05) is 0 Å². The molecule has 0 aromatic carbocycles. The Kier molecular flexibility index (Phi) is 4.68. The average Bonchev–Trinajstić information content (AvgIpc) is 2.64. The molecule has 6 nitrogen and oxygen atoms in total. The third kappa shape index (κ3) is 5.11. The fourth-order valence-corrected chi connectivity index (χ4v) is 1.36. The van der Waals surface area contributed by atoms with Crippen LogP contribution in [0.3, 0.4) is 0 Å². The van der Waals surface area contributed by atoms with Crippen molar-refractivity contribution in [1.29, 1.82) is 0 Å². The Morgan fingerprint density at radius 2 is 1.20 bits per heavy atom. The van der Waals surface area contributed by atoms with Crippen LogP contribution >= 0.6 is 0 Å². The minimum absolute atomic E-state index is 0.131. The average molecular weight is 286 g/mol. The van der Waals surface area contributed by atoms with Gasteiger partial charge in [0, 0.05) is 0 Å². The van der Waals surface area contributed by atoms with Crippen molar-refractivity contribution in [2.75, 3.05) is 13.2 Å². The first-order valence-corrected chi connectivity index (χ1v) is 6.46. The molecule has 1 aliphatic rings. The molecule has 114 valence electrons. The largest absolute Gasteiger partial charge is 0.461 e. The van der Waals surface area contributed by atoms with E-state index >= 15 is 0 Å². The van der Waals surface area contributed by atoms with Gasteiger partial charge in [0.1, 0.15) is 24.4 Å². The van der Waals surface area contributed by atoms with E-state index in [0.717, 1.165) is 0 Å². The van der Waals surface area contributed by atoms with Crippen molar-refractivity contribution in [2.45, 2.75) is 52.7 Å². The highest BCUT2D eigenvalue weighted by Gasteiger charge is 2.35. The lowest BCUT2D eigenvalue weighted by atomic mass is 10.1. The van der Waals surface area contributed by atoms with Crippen LogP contribution in [0.4, 0.5) is 0 Å². The summed E-state index contributed by atoms with van der Waals surface area (Å²) in [5, 5.41) is 0. The highest BCUT2D eigenvalue weighted by molar-refractivity contribution is 6.14. The number of carbonyl (C=O) groups excluding carboxylic acids is 2. The lowest BCUT2D eigenvalue weighted by Gasteiger charge is -2.23. The normalized spacial score (nSPS) is 15.2. The molecular formula is C14H22O6. The highest BCUT2D eigenvalue weighted by atomic mass is 16.7. The molecule has 0 aromatic heterocycles. The number of esters is 2. The topological polar surface area (TPSA) is 71.1 Å². The monoisotopic (exact) mass is 286 g/mol. The predicted octanol–water partition coefficient (Wildman–Crippen LogP) is 1.93. The molecule has 0 bridgehead atoms. The first-order valence-electron chi connectivity index (χ1n) is 6.46. The maximum absolute atomic E-state index is 12.1.